The molecular weight excluding hydrogens is 206 g/mol. The molecule has 2 heterocycles. The van der Waals surface area contributed by atoms with Crippen LogP contribution in [0.25, 0.3) is 0 Å². The SMILES string of the molecule is COCC1(C)CC(CC2CCSC2)CN1. The molecule has 2 aliphatic rings. The molecule has 2 fully saturated rings. The van der Waals surface area contributed by atoms with Crippen LogP contribution in [0.15, 0.2) is 0 Å². The van der Waals surface area contributed by atoms with Crippen LogP contribution in [0.5, 0.6) is 0 Å². The van der Waals surface area contributed by atoms with Crippen LogP contribution in [0.3, 0.4) is 0 Å². The molecule has 2 nitrogen and oxygen atoms in total. The van der Waals surface area contributed by atoms with E-state index in [0.29, 0.717) is 0 Å². The molecule has 3 unspecified atom stereocenters. The molecule has 0 saturated carbocycles. The van der Waals surface area contributed by atoms with E-state index < -0.39 is 0 Å². The van der Waals surface area contributed by atoms with Crippen LogP contribution in [-0.2, 0) is 4.74 Å². The van der Waals surface area contributed by atoms with Crippen LogP contribution in [0.1, 0.15) is 26.2 Å². The summed E-state index contributed by atoms with van der Waals surface area (Å²) in [5.74, 6) is 4.66. The Labute approximate surface area is 97.5 Å². The standard InChI is InChI=1S/C12H23NOS/c1-12(9-14-2)6-11(7-13-12)5-10-3-4-15-8-10/h10-11,13H,3-9H2,1-2H3. The Kier molecular flexibility index (Phi) is 3.97. The zero-order valence-corrected chi connectivity index (χ0v) is 10.7. The summed E-state index contributed by atoms with van der Waals surface area (Å²) in [6.07, 6.45) is 4.17. The molecule has 1 N–H and O–H groups in total. The Bertz CT molecular complexity index is 206. The van der Waals surface area contributed by atoms with Gasteiger partial charge in [0.2, 0.25) is 0 Å². The first-order valence-electron chi connectivity index (χ1n) is 6.03. The summed E-state index contributed by atoms with van der Waals surface area (Å²) >= 11 is 2.13. The van der Waals surface area contributed by atoms with Crippen molar-refractivity contribution < 1.29 is 4.74 Å². The molecule has 3 atom stereocenters. The molecule has 0 spiro atoms. The van der Waals surface area contributed by atoms with Crippen molar-refractivity contribution in [3.05, 3.63) is 0 Å². The Hall–Kier alpha value is 0.270. The fraction of sp³-hybridized carbons (Fsp3) is 1.00. The molecular formula is C12H23NOS. The highest BCUT2D eigenvalue weighted by molar-refractivity contribution is 7.99. The van der Waals surface area contributed by atoms with E-state index in [0.717, 1.165) is 18.4 Å². The van der Waals surface area contributed by atoms with Gasteiger partial charge in [0.15, 0.2) is 0 Å². The third-order valence-electron chi connectivity index (χ3n) is 3.71. The summed E-state index contributed by atoms with van der Waals surface area (Å²) in [6.45, 7) is 4.34. The van der Waals surface area contributed by atoms with Crippen molar-refractivity contribution in [3.8, 4) is 0 Å². The normalized spacial score (nSPS) is 41.2. The lowest BCUT2D eigenvalue weighted by Crippen LogP contribution is -2.40. The molecule has 0 bridgehead atoms. The molecule has 2 aliphatic heterocycles. The molecule has 2 rings (SSSR count). The van der Waals surface area contributed by atoms with Gasteiger partial charge >= 0.3 is 0 Å². The van der Waals surface area contributed by atoms with Crippen LogP contribution in [0.4, 0.5) is 0 Å². The number of nitrogens with one attached hydrogen (secondary N) is 1. The zero-order chi connectivity index (χ0) is 10.7. The van der Waals surface area contributed by atoms with Gasteiger partial charge in [0.1, 0.15) is 0 Å². The van der Waals surface area contributed by atoms with Gasteiger partial charge in [-0.15, -0.1) is 0 Å². The van der Waals surface area contributed by atoms with E-state index in [4.69, 9.17) is 4.74 Å². The molecule has 15 heavy (non-hydrogen) atoms. The summed E-state index contributed by atoms with van der Waals surface area (Å²) in [5.41, 5.74) is 0.241. The number of hydrogen-bond donors (Lipinski definition) is 1. The van der Waals surface area contributed by atoms with Crippen LogP contribution >= 0.6 is 11.8 Å². The number of ether oxygens (including phenoxy) is 1. The van der Waals surface area contributed by atoms with Crippen LogP contribution < -0.4 is 5.32 Å². The first-order chi connectivity index (χ1) is 7.22. The number of rotatable bonds is 4. The predicted molar refractivity (Wildman–Crippen MR) is 66.4 cm³/mol. The zero-order valence-electron chi connectivity index (χ0n) is 9.92. The van der Waals surface area contributed by atoms with Gasteiger partial charge in [-0.1, -0.05) is 0 Å². The van der Waals surface area contributed by atoms with Crippen molar-refractivity contribution in [2.24, 2.45) is 11.8 Å². The van der Waals surface area contributed by atoms with Crippen molar-refractivity contribution in [1.82, 2.24) is 5.32 Å². The van der Waals surface area contributed by atoms with E-state index in [9.17, 15) is 0 Å². The molecule has 0 amide bonds. The first kappa shape index (κ1) is 11.7. The van der Waals surface area contributed by atoms with Gasteiger partial charge in [-0.05, 0) is 56.1 Å². The highest BCUT2D eigenvalue weighted by atomic mass is 32.2. The molecule has 88 valence electrons. The highest BCUT2D eigenvalue weighted by Gasteiger charge is 2.35. The van der Waals surface area contributed by atoms with Gasteiger partial charge in [-0.2, -0.15) is 11.8 Å². The van der Waals surface area contributed by atoms with Crippen molar-refractivity contribution in [3.63, 3.8) is 0 Å². The lowest BCUT2D eigenvalue weighted by molar-refractivity contribution is 0.127. The molecule has 3 heteroatoms. The average molecular weight is 229 g/mol. The Morgan fingerprint density at radius 2 is 2.33 bits per heavy atom. The van der Waals surface area contributed by atoms with Crippen molar-refractivity contribution in [1.29, 1.82) is 0 Å². The van der Waals surface area contributed by atoms with E-state index >= 15 is 0 Å². The van der Waals surface area contributed by atoms with Gasteiger partial charge in [0.05, 0.1) is 6.61 Å². The van der Waals surface area contributed by atoms with Gasteiger partial charge in [0.25, 0.3) is 0 Å². The van der Waals surface area contributed by atoms with Gasteiger partial charge < -0.3 is 10.1 Å². The molecule has 0 aliphatic carbocycles. The minimum absolute atomic E-state index is 0.241. The maximum atomic E-state index is 5.28. The summed E-state index contributed by atoms with van der Waals surface area (Å²) in [5, 5.41) is 3.63. The molecule has 0 aromatic rings. The van der Waals surface area contributed by atoms with E-state index in [1.54, 1.807) is 7.11 Å². The summed E-state index contributed by atoms with van der Waals surface area (Å²) in [4.78, 5) is 0. The van der Waals surface area contributed by atoms with Gasteiger partial charge in [-0.25, -0.2) is 0 Å². The number of hydrogen-bond acceptors (Lipinski definition) is 3. The van der Waals surface area contributed by atoms with E-state index in [-0.39, 0.29) is 5.54 Å². The Morgan fingerprint density at radius 1 is 1.47 bits per heavy atom. The minimum Gasteiger partial charge on any atom is -0.383 e. The third kappa shape index (κ3) is 3.11. The van der Waals surface area contributed by atoms with Gasteiger partial charge in [0, 0.05) is 12.6 Å². The van der Waals surface area contributed by atoms with Crippen LogP contribution in [0, 0.1) is 11.8 Å². The second kappa shape index (κ2) is 5.07. The van der Waals surface area contributed by atoms with Gasteiger partial charge in [-0.3, -0.25) is 0 Å². The fourth-order valence-electron chi connectivity index (χ4n) is 3.01. The minimum atomic E-state index is 0.241. The van der Waals surface area contributed by atoms with E-state index in [1.807, 2.05) is 0 Å². The van der Waals surface area contributed by atoms with Crippen LogP contribution in [-0.4, -0.2) is 37.3 Å². The molecule has 0 aromatic carbocycles. The van der Waals surface area contributed by atoms with Crippen molar-refractivity contribution in [2.75, 3.05) is 31.8 Å². The van der Waals surface area contributed by atoms with E-state index in [2.05, 4.69) is 24.0 Å². The quantitative estimate of drug-likeness (QED) is 0.798. The largest absolute Gasteiger partial charge is 0.383 e. The third-order valence-corrected chi connectivity index (χ3v) is 4.94. The average Bonchev–Trinajstić information content (AvgIpc) is 2.78. The fourth-order valence-corrected chi connectivity index (χ4v) is 4.31. The second-order valence-corrected chi connectivity index (χ2v) is 6.56. The topological polar surface area (TPSA) is 21.3 Å². The molecule has 0 radical (unpaired) electrons. The monoisotopic (exact) mass is 229 g/mol. The smallest absolute Gasteiger partial charge is 0.0641 e. The summed E-state index contributed by atoms with van der Waals surface area (Å²) in [6, 6.07) is 0. The molecule has 2 saturated heterocycles. The number of methoxy groups -OCH3 is 1. The first-order valence-corrected chi connectivity index (χ1v) is 7.19. The Balaban J connectivity index is 1.76. The maximum absolute atomic E-state index is 5.28. The highest BCUT2D eigenvalue weighted by Crippen LogP contribution is 2.34. The maximum Gasteiger partial charge on any atom is 0.0641 e. The van der Waals surface area contributed by atoms with E-state index in [1.165, 1.54) is 37.3 Å². The lowest BCUT2D eigenvalue weighted by Gasteiger charge is -2.23. The molecule has 0 aromatic heterocycles. The number of thioether (sulfide) groups is 1. The van der Waals surface area contributed by atoms with Crippen molar-refractivity contribution in [2.45, 2.75) is 31.7 Å². The second-order valence-electron chi connectivity index (χ2n) is 5.41. The van der Waals surface area contributed by atoms with Crippen molar-refractivity contribution >= 4 is 11.8 Å². The predicted octanol–water partition coefficient (Wildman–Crippen LogP) is 2.14. The summed E-state index contributed by atoms with van der Waals surface area (Å²) < 4.78 is 5.28. The Morgan fingerprint density at radius 3 is 3.00 bits per heavy atom. The summed E-state index contributed by atoms with van der Waals surface area (Å²) in [7, 11) is 1.80. The van der Waals surface area contributed by atoms with Crippen LogP contribution in [0.2, 0.25) is 0 Å². The lowest BCUT2D eigenvalue weighted by atomic mass is 9.88.